The number of rotatable bonds is 5. The molecule has 3 rings (SSSR count). The quantitative estimate of drug-likeness (QED) is 0.833. The maximum absolute atomic E-state index is 12.1. The van der Waals surface area contributed by atoms with Crippen LogP contribution in [0.1, 0.15) is 31.4 Å². The second-order valence-electron chi connectivity index (χ2n) is 5.51. The Morgan fingerprint density at radius 1 is 1.45 bits per heavy atom. The number of nitrogen functional groups attached to an aromatic ring is 1. The molecule has 3 N–H and O–H groups in total. The van der Waals surface area contributed by atoms with Gasteiger partial charge < -0.3 is 15.0 Å². The summed E-state index contributed by atoms with van der Waals surface area (Å²) in [5.41, 5.74) is 5.53. The molecule has 20 heavy (non-hydrogen) atoms. The van der Waals surface area contributed by atoms with Gasteiger partial charge in [0.1, 0.15) is 0 Å². The number of nitrogens with zero attached hydrogens (tertiary/aromatic N) is 1. The highest BCUT2D eigenvalue weighted by molar-refractivity contribution is 7.89. The number of nitrogens with two attached hydrogens (primary N) is 1. The molecule has 0 spiro atoms. The number of hydrogen-bond acceptors (Lipinski definition) is 6. The predicted octanol–water partition coefficient (Wildman–Crippen LogP) is 0.801. The van der Waals surface area contributed by atoms with Gasteiger partial charge in [0.25, 0.3) is 0 Å². The van der Waals surface area contributed by atoms with Gasteiger partial charge in [-0.2, -0.15) is 0 Å². The van der Waals surface area contributed by atoms with Gasteiger partial charge in [-0.3, -0.25) is 0 Å². The van der Waals surface area contributed by atoms with Crippen molar-refractivity contribution in [3.05, 3.63) is 5.76 Å². The molecule has 2 fully saturated rings. The first-order chi connectivity index (χ1) is 9.47. The number of sulfonamides is 1. The predicted molar refractivity (Wildman–Crippen MR) is 71.5 cm³/mol. The molecule has 3 atom stereocenters. The zero-order valence-electron chi connectivity index (χ0n) is 11.3. The Hall–Kier alpha value is -1.12. The highest BCUT2D eigenvalue weighted by atomic mass is 32.2. The molecule has 7 nitrogen and oxygen atoms in total. The van der Waals surface area contributed by atoms with Crippen LogP contribution in [-0.2, 0) is 14.8 Å². The summed E-state index contributed by atoms with van der Waals surface area (Å²) in [7, 11) is -3.66. The largest absolute Gasteiger partial charge is 0.380 e. The summed E-state index contributed by atoms with van der Waals surface area (Å²) in [6.45, 7) is 1.91. The monoisotopic (exact) mass is 301 g/mol. The smallest absolute Gasteiger partial charge is 0.247 e. The molecule has 0 saturated carbocycles. The lowest BCUT2D eigenvalue weighted by Crippen LogP contribution is -2.29. The average Bonchev–Trinajstić information content (AvgIpc) is 3.05. The van der Waals surface area contributed by atoms with Crippen molar-refractivity contribution in [2.75, 3.05) is 12.3 Å². The van der Waals surface area contributed by atoms with Crippen molar-refractivity contribution in [1.82, 2.24) is 9.88 Å². The lowest BCUT2D eigenvalue weighted by molar-refractivity contribution is 0.0915. The summed E-state index contributed by atoms with van der Waals surface area (Å²) < 4.78 is 37.4. The molecule has 0 aromatic carbocycles. The molecular weight excluding hydrogens is 282 g/mol. The Labute approximate surface area is 117 Å². The fourth-order valence-corrected chi connectivity index (χ4v) is 4.46. The number of anilines is 1. The van der Waals surface area contributed by atoms with E-state index >= 15 is 0 Å². The number of fused-ring (bicyclic) bond motifs is 2. The Balaban J connectivity index is 1.58. The third kappa shape index (κ3) is 2.43. The number of hydrogen-bond donors (Lipinski definition) is 2. The highest BCUT2D eigenvalue weighted by Crippen LogP contribution is 2.40. The molecule has 2 aliphatic heterocycles. The second-order valence-corrected chi connectivity index (χ2v) is 7.21. The van der Waals surface area contributed by atoms with E-state index in [0.29, 0.717) is 24.7 Å². The van der Waals surface area contributed by atoms with Gasteiger partial charge in [-0.25, -0.2) is 13.1 Å². The summed E-state index contributed by atoms with van der Waals surface area (Å²) in [5.74, 6) is 0.564. The summed E-state index contributed by atoms with van der Waals surface area (Å²) in [6.07, 6.45) is 4.76. The summed E-state index contributed by atoms with van der Waals surface area (Å²) in [6, 6.07) is 0. The van der Waals surface area contributed by atoms with Crippen LogP contribution in [0.3, 0.4) is 0 Å². The van der Waals surface area contributed by atoms with Crippen LogP contribution in [0.5, 0.6) is 0 Å². The highest BCUT2D eigenvalue weighted by Gasteiger charge is 2.40. The lowest BCUT2D eigenvalue weighted by Gasteiger charge is -2.18. The molecule has 1 aromatic rings. The van der Waals surface area contributed by atoms with Crippen LogP contribution in [0.15, 0.2) is 9.42 Å². The molecule has 2 aliphatic rings. The van der Waals surface area contributed by atoms with Gasteiger partial charge >= 0.3 is 0 Å². The topological polar surface area (TPSA) is 107 Å². The van der Waals surface area contributed by atoms with E-state index in [2.05, 4.69) is 9.88 Å². The van der Waals surface area contributed by atoms with Crippen LogP contribution in [0, 0.1) is 12.8 Å². The number of ether oxygens (including phenoxy) is 1. The summed E-state index contributed by atoms with van der Waals surface area (Å²) >= 11 is 0. The van der Waals surface area contributed by atoms with Crippen molar-refractivity contribution in [3.8, 4) is 0 Å². The van der Waals surface area contributed by atoms with Gasteiger partial charge in [0, 0.05) is 6.54 Å². The molecule has 2 saturated heterocycles. The van der Waals surface area contributed by atoms with Gasteiger partial charge in [-0.05, 0) is 38.5 Å². The van der Waals surface area contributed by atoms with Crippen molar-refractivity contribution >= 4 is 15.8 Å². The maximum Gasteiger partial charge on any atom is 0.247 e. The molecule has 3 heterocycles. The molecule has 0 amide bonds. The molecule has 2 bridgehead atoms. The summed E-state index contributed by atoms with van der Waals surface area (Å²) in [5, 5.41) is 3.46. The van der Waals surface area contributed by atoms with Crippen LogP contribution in [0.4, 0.5) is 5.82 Å². The van der Waals surface area contributed by atoms with E-state index in [4.69, 9.17) is 15.0 Å². The number of aryl methyl sites for hydroxylation is 1. The first-order valence-corrected chi connectivity index (χ1v) is 8.32. The number of nitrogens with one attached hydrogen (secondary N) is 1. The minimum atomic E-state index is -3.66. The molecular formula is C12H19N3O4S. The average molecular weight is 301 g/mol. The Morgan fingerprint density at radius 3 is 2.80 bits per heavy atom. The standard InChI is InChI=1S/C12H19N3O4S/c1-7-11(12(13)15-19-7)20(16,17)14-5-4-8-6-9-2-3-10(8)18-9/h8-10,14H,2-6H2,1H3,(H2,13,15)/t8-,9-,10-/m1/s1. The fourth-order valence-electron chi connectivity index (χ4n) is 3.21. The first-order valence-electron chi connectivity index (χ1n) is 6.84. The van der Waals surface area contributed by atoms with E-state index in [0.717, 1.165) is 25.7 Å². The number of aromatic nitrogens is 1. The van der Waals surface area contributed by atoms with Crippen molar-refractivity contribution in [1.29, 1.82) is 0 Å². The van der Waals surface area contributed by atoms with Crippen molar-refractivity contribution in [2.24, 2.45) is 5.92 Å². The van der Waals surface area contributed by atoms with Crippen LogP contribution in [-0.4, -0.2) is 32.3 Å². The second kappa shape index (κ2) is 5.01. The molecule has 0 unspecified atom stereocenters. The first kappa shape index (κ1) is 13.8. The zero-order chi connectivity index (χ0) is 14.3. The van der Waals surface area contributed by atoms with E-state index in [1.807, 2.05) is 0 Å². The maximum atomic E-state index is 12.1. The van der Waals surface area contributed by atoms with Gasteiger partial charge in [0.15, 0.2) is 16.5 Å². The van der Waals surface area contributed by atoms with E-state index in [1.54, 1.807) is 0 Å². The van der Waals surface area contributed by atoms with Crippen molar-refractivity contribution in [2.45, 2.75) is 49.7 Å². The van der Waals surface area contributed by atoms with E-state index < -0.39 is 10.0 Å². The van der Waals surface area contributed by atoms with Crippen LogP contribution in [0.2, 0.25) is 0 Å². The zero-order valence-corrected chi connectivity index (χ0v) is 12.1. The van der Waals surface area contributed by atoms with Gasteiger partial charge in [0.05, 0.1) is 12.2 Å². The van der Waals surface area contributed by atoms with Crippen molar-refractivity contribution in [3.63, 3.8) is 0 Å². The normalized spacial score (nSPS) is 29.1. The van der Waals surface area contributed by atoms with Gasteiger partial charge in [0.2, 0.25) is 10.0 Å². The molecule has 0 radical (unpaired) electrons. The Bertz CT molecular complexity index is 578. The van der Waals surface area contributed by atoms with Crippen LogP contribution >= 0.6 is 0 Å². The van der Waals surface area contributed by atoms with Crippen molar-refractivity contribution < 1.29 is 17.7 Å². The van der Waals surface area contributed by atoms with Crippen LogP contribution in [0.25, 0.3) is 0 Å². The van der Waals surface area contributed by atoms with Gasteiger partial charge in [-0.15, -0.1) is 0 Å². The van der Waals surface area contributed by atoms with E-state index in [1.165, 1.54) is 6.92 Å². The SMILES string of the molecule is Cc1onc(N)c1S(=O)(=O)NCC[C@@H]1C[C@H]2CC[C@H]1O2. The fraction of sp³-hybridized carbons (Fsp3) is 0.750. The molecule has 1 aromatic heterocycles. The third-order valence-corrected chi connectivity index (χ3v) is 5.76. The minimum absolute atomic E-state index is 0.0540. The van der Waals surface area contributed by atoms with Crippen LogP contribution < -0.4 is 10.5 Å². The molecule has 112 valence electrons. The third-order valence-electron chi connectivity index (χ3n) is 4.14. The van der Waals surface area contributed by atoms with E-state index in [-0.39, 0.29) is 16.5 Å². The minimum Gasteiger partial charge on any atom is -0.380 e. The molecule has 0 aliphatic carbocycles. The summed E-state index contributed by atoms with van der Waals surface area (Å²) in [4.78, 5) is -0.0540. The Kier molecular flexibility index (Phi) is 3.47. The van der Waals surface area contributed by atoms with E-state index in [9.17, 15) is 8.42 Å². The lowest BCUT2D eigenvalue weighted by atomic mass is 9.87. The van der Waals surface area contributed by atoms with Gasteiger partial charge in [-0.1, -0.05) is 5.16 Å². The Morgan fingerprint density at radius 2 is 2.25 bits per heavy atom. The molecule has 8 heteroatoms.